The number of carbonyl (C=O) groups is 2. The standard InChI is InChI=1S/C18H17BrN2O3S/c1-4-17(22)21(2)15-10-8-13(9-11-15)18(23)20-25(3,24)16-7-5-6-14(19)12-16/h4-12H,1H2,2-3H3. The Hall–Kier alpha value is -2.25. The Morgan fingerprint density at radius 1 is 1.20 bits per heavy atom. The summed E-state index contributed by atoms with van der Waals surface area (Å²) in [7, 11) is -1.25. The van der Waals surface area contributed by atoms with Crippen molar-refractivity contribution in [3.8, 4) is 0 Å². The van der Waals surface area contributed by atoms with E-state index in [1.807, 2.05) is 0 Å². The summed E-state index contributed by atoms with van der Waals surface area (Å²) >= 11 is 3.31. The number of benzene rings is 2. The molecule has 0 aliphatic heterocycles. The first kappa shape index (κ1) is 19.1. The molecule has 0 heterocycles. The number of amides is 2. The third-order valence-electron chi connectivity index (χ3n) is 3.50. The van der Waals surface area contributed by atoms with Gasteiger partial charge in [-0.3, -0.25) is 9.59 Å². The Morgan fingerprint density at radius 3 is 2.40 bits per heavy atom. The van der Waals surface area contributed by atoms with Crippen LogP contribution in [-0.2, 0) is 14.5 Å². The molecule has 2 amide bonds. The van der Waals surface area contributed by atoms with E-state index < -0.39 is 15.6 Å². The Morgan fingerprint density at radius 2 is 1.84 bits per heavy atom. The van der Waals surface area contributed by atoms with Gasteiger partial charge in [0.1, 0.15) is 0 Å². The average Bonchev–Trinajstić information content (AvgIpc) is 2.60. The molecule has 0 aliphatic rings. The summed E-state index contributed by atoms with van der Waals surface area (Å²) in [5.41, 5.74) is 0.915. The molecule has 0 N–H and O–H groups in total. The van der Waals surface area contributed by atoms with Crippen LogP contribution in [0, 0.1) is 0 Å². The molecular weight excluding hydrogens is 404 g/mol. The van der Waals surface area contributed by atoms with E-state index in [0.29, 0.717) is 16.1 Å². The SMILES string of the molecule is C=CC(=O)N(C)c1ccc(C(=O)N=S(C)(=O)c2cccc(Br)c2)cc1. The number of nitrogens with zero attached hydrogens (tertiary/aromatic N) is 2. The molecule has 1 atom stereocenters. The number of hydrogen-bond donors (Lipinski definition) is 0. The number of likely N-dealkylation sites (N-methyl/N-ethyl adjacent to an activating group) is 1. The van der Waals surface area contributed by atoms with Crippen LogP contribution in [0.15, 0.2) is 74.9 Å². The summed E-state index contributed by atoms with van der Waals surface area (Å²) < 4.78 is 17.4. The molecule has 0 bridgehead atoms. The largest absolute Gasteiger partial charge is 0.312 e. The molecule has 1 unspecified atom stereocenters. The van der Waals surface area contributed by atoms with Gasteiger partial charge in [0.25, 0.3) is 5.91 Å². The van der Waals surface area contributed by atoms with Crippen molar-refractivity contribution < 1.29 is 13.8 Å². The Balaban J connectivity index is 2.30. The van der Waals surface area contributed by atoms with E-state index in [4.69, 9.17) is 0 Å². The molecule has 0 spiro atoms. The van der Waals surface area contributed by atoms with E-state index in [1.54, 1.807) is 55.6 Å². The van der Waals surface area contributed by atoms with Crippen molar-refractivity contribution in [2.24, 2.45) is 4.36 Å². The summed E-state index contributed by atoms with van der Waals surface area (Å²) in [5, 5.41) is 0. The highest BCUT2D eigenvalue weighted by molar-refractivity contribution is 9.10. The highest BCUT2D eigenvalue weighted by Crippen LogP contribution is 2.19. The quantitative estimate of drug-likeness (QED) is 0.704. The van der Waals surface area contributed by atoms with Gasteiger partial charge in [-0.2, -0.15) is 4.36 Å². The Kier molecular flexibility index (Phi) is 5.92. The smallest absolute Gasteiger partial charge is 0.285 e. The first-order chi connectivity index (χ1) is 11.7. The molecule has 0 aliphatic carbocycles. The van der Waals surface area contributed by atoms with Crippen molar-refractivity contribution >= 4 is 43.2 Å². The molecule has 2 aromatic carbocycles. The van der Waals surface area contributed by atoms with Crippen LogP contribution in [0.4, 0.5) is 5.69 Å². The molecule has 0 aromatic heterocycles. The zero-order chi connectivity index (χ0) is 18.6. The van der Waals surface area contributed by atoms with Crippen molar-refractivity contribution in [3.63, 3.8) is 0 Å². The van der Waals surface area contributed by atoms with E-state index in [0.717, 1.165) is 4.47 Å². The van der Waals surface area contributed by atoms with Gasteiger partial charge in [0.05, 0.1) is 9.73 Å². The van der Waals surface area contributed by atoms with Crippen LogP contribution in [-0.4, -0.2) is 29.3 Å². The number of anilines is 1. The number of rotatable bonds is 4. The fourth-order valence-corrected chi connectivity index (χ4v) is 3.81. The highest BCUT2D eigenvalue weighted by atomic mass is 79.9. The van der Waals surface area contributed by atoms with Gasteiger partial charge in [0, 0.05) is 33.9 Å². The zero-order valence-electron chi connectivity index (χ0n) is 13.8. The summed E-state index contributed by atoms with van der Waals surface area (Å²) in [6, 6.07) is 13.2. The monoisotopic (exact) mass is 420 g/mol. The van der Waals surface area contributed by atoms with E-state index in [1.165, 1.54) is 17.2 Å². The number of halogens is 1. The summed E-state index contributed by atoms with van der Waals surface area (Å²) in [6.07, 6.45) is 2.64. The van der Waals surface area contributed by atoms with Crippen LogP contribution in [0.1, 0.15) is 10.4 Å². The molecule has 5 nitrogen and oxygen atoms in total. The molecule has 0 radical (unpaired) electrons. The second-order valence-electron chi connectivity index (χ2n) is 5.30. The lowest BCUT2D eigenvalue weighted by molar-refractivity contribution is -0.113. The fourth-order valence-electron chi connectivity index (χ4n) is 2.06. The van der Waals surface area contributed by atoms with Gasteiger partial charge in [0.2, 0.25) is 5.91 Å². The van der Waals surface area contributed by atoms with Crippen LogP contribution in [0.25, 0.3) is 0 Å². The van der Waals surface area contributed by atoms with Crippen molar-refractivity contribution in [2.45, 2.75) is 4.90 Å². The van der Waals surface area contributed by atoms with E-state index in [-0.39, 0.29) is 5.91 Å². The molecule has 2 aromatic rings. The predicted molar refractivity (Wildman–Crippen MR) is 103 cm³/mol. The maximum absolute atomic E-state index is 12.8. The van der Waals surface area contributed by atoms with Crippen molar-refractivity contribution in [2.75, 3.05) is 18.2 Å². The van der Waals surface area contributed by atoms with Crippen LogP contribution >= 0.6 is 15.9 Å². The molecular formula is C18H17BrN2O3S. The third kappa shape index (κ3) is 4.64. The number of carbonyl (C=O) groups excluding carboxylic acids is 2. The van der Waals surface area contributed by atoms with Gasteiger partial charge in [0.15, 0.2) is 0 Å². The minimum absolute atomic E-state index is 0.255. The maximum atomic E-state index is 12.8. The fraction of sp³-hybridized carbons (Fsp3) is 0.111. The maximum Gasteiger partial charge on any atom is 0.285 e. The lowest BCUT2D eigenvalue weighted by Crippen LogP contribution is -2.23. The predicted octanol–water partition coefficient (Wildman–Crippen LogP) is 3.90. The molecule has 0 fully saturated rings. The van der Waals surface area contributed by atoms with Gasteiger partial charge < -0.3 is 4.90 Å². The van der Waals surface area contributed by atoms with Crippen molar-refractivity contribution in [1.29, 1.82) is 0 Å². The van der Waals surface area contributed by atoms with Crippen LogP contribution < -0.4 is 4.90 Å². The Bertz CT molecular complexity index is 945. The van der Waals surface area contributed by atoms with Gasteiger partial charge in [-0.1, -0.05) is 28.6 Å². The van der Waals surface area contributed by atoms with Crippen LogP contribution in [0.3, 0.4) is 0 Å². The lowest BCUT2D eigenvalue weighted by atomic mass is 10.2. The normalized spacial score (nSPS) is 12.8. The van der Waals surface area contributed by atoms with Gasteiger partial charge in [-0.25, -0.2) is 4.21 Å². The second kappa shape index (κ2) is 7.76. The summed E-state index contributed by atoms with van der Waals surface area (Å²) in [6.45, 7) is 3.43. The molecule has 25 heavy (non-hydrogen) atoms. The minimum Gasteiger partial charge on any atom is -0.312 e. The van der Waals surface area contributed by atoms with Crippen molar-refractivity contribution in [1.82, 2.24) is 0 Å². The first-order valence-corrected chi connectivity index (χ1v) is 9.98. The molecule has 7 heteroatoms. The van der Waals surface area contributed by atoms with Crippen molar-refractivity contribution in [3.05, 3.63) is 71.2 Å². The van der Waals surface area contributed by atoms with Crippen LogP contribution in [0.5, 0.6) is 0 Å². The van der Waals surface area contributed by atoms with E-state index in [2.05, 4.69) is 26.9 Å². The molecule has 0 saturated carbocycles. The zero-order valence-corrected chi connectivity index (χ0v) is 16.2. The minimum atomic E-state index is -2.86. The summed E-state index contributed by atoms with van der Waals surface area (Å²) in [5.74, 6) is -0.827. The molecule has 130 valence electrons. The van der Waals surface area contributed by atoms with Gasteiger partial charge in [-0.05, 0) is 48.5 Å². The lowest BCUT2D eigenvalue weighted by Gasteiger charge is -2.15. The topological polar surface area (TPSA) is 66.8 Å². The van der Waals surface area contributed by atoms with Crippen LogP contribution in [0.2, 0.25) is 0 Å². The van der Waals surface area contributed by atoms with Gasteiger partial charge >= 0.3 is 0 Å². The average molecular weight is 421 g/mol. The summed E-state index contributed by atoms with van der Waals surface area (Å²) in [4.78, 5) is 25.8. The van der Waals surface area contributed by atoms with Gasteiger partial charge in [-0.15, -0.1) is 0 Å². The molecule has 2 rings (SSSR count). The molecule has 0 saturated heterocycles. The third-order valence-corrected chi connectivity index (χ3v) is 5.63. The number of hydrogen-bond acceptors (Lipinski definition) is 3. The van der Waals surface area contributed by atoms with E-state index in [9.17, 15) is 13.8 Å². The second-order valence-corrected chi connectivity index (χ2v) is 8.48. The van der Waals surface area contributed by atoms with E-state index >= 15 is 0 Å². The first-order valence-electron chi connectivity index (χ1n) is 7.27. The Labute approximate surface area is 155 Å². The highest BCUT2D eigenvalue weighted by Gasteiger charge is 2.13.